The van der Waals surface area contributed by atoms with Crippen LogP contribution in [-0.4, -0.2) is 4.98 Å². The monoisotopic (exact) mass is 256 g/mol. The summed E-state index contributed by atoms with van der Waals surface area (Å²) in [6.45, 7) is 3.19. The predicted molar refractivity (Wildman–Crippen MR) is 76.9 cm³/mol. The zero-order valence-electron chi connectivity index (χ0n) is 11.3. The van der Waals surface area contributed by atoms with E-state index in [9.17, 15) is 0 Å². The number of aryl methyl sites for hydroxylation is 1. The summed E-state index contributed by atoms with van der Waals surface area (Å²) in [4.78, 5) is 4.31. The van der Waals surface area contributed by atoms with Crippen LogP contribution in [0, 0.1) is 0 Å². The van der Waals surface area contributed by atoms with Gasteiger partial charge in [0.25, 0.3) is 0 Å². The Balaban J connectivity index is 1.90. The first-order valence-electron chi connectivity index (χ1n) is 6.67. The molecule has 0 aliphatic carbocycles. The SMILES string of the molecule is CCCc1ccc(OCc2ccc(CN)cn2)cc1. The molecule has 2 aromatic rings. The smallest absolute Gasteiger partial charge is 0.130 e. The van der Waals surface area contributed by atoms with Crippen LogP contribution in [0.4, 0.5) is 0 Å². The lowest BCUT2D eigenvalue weighted by atomic mass is 10.1. The molecule has 0 aliphatic rings. The standard InChI is InChI=1S/C16H20N2O/c1-2-3-13-5-8-16(9-6-13)19-12-15-7-4-14(10-17)11-18-15/h4-9,11H,2-3,10,12,17H2,1H3. The van der Waals surface area contributed by atoms with Crippen LogP contribution in [0.5, 0.6) is 5.75 Å². The van der Waals surface area contributed by atoms with Crippen LogP contribution in [0.15, 0.2) is 42.6 Å². The minimum atomic E-state index is 0.484. The minimum absolute atomic E-state index is 0.484. The van der Waals surface area contributed by atoms with Crippen LogP contribution >= 0.6 is 0 Å². The summed E-state index contributed by atoms with van der Waals surface area (Å²) >= 11 is 0. The molecule has 1 aromatic carbocycles. The molecule has 3 heteroatoms. The van der Waals surface area contributed by atoms with E-state index in [0.717, 1.165) is 29.8 Å². The van der Waals surface area contributed by atoms with Crippen LogP contribution in [0.3, 0.4) is 0 Å². The van der Waals surface area contributed by atoms with Crippen LogP contribution in [0.2, 0.25) is 0 Å². The number of hydrogen-bond donors (Lipinski definition) is 1. The highest BCUT2D eigenvalue weighted by molar-refractivity contribution is 5.27. The number of hydrogen-bond acceptors (Lipinski definition) is 3. The van der Waals surface area contributed by atoms with E-state index in [0.29, 0.717) is 13.2 Å². The maximum Gasteiger partial charge on any atom is 0.130 e. The van der Waals surface area contributed by atoms with E-state index in [1.54, 1.807) is 6.20 Å². The Morgan fingerprint density at radius 2 is 1.79 bits per heavy atom. The van der Waals surface area contributed by atoms with Gasteiger partial charge in [0.1, 0.15) is 12.4 Å². The summed E-state index contributed by atoms with van der Waals surface area (Å²) < 4.78 is 5.70. The molecule has 0 radical (unpaired) electrons. The maximum absolute atomic E-state index is 5.70. The zero-order chi connectivity index (χ0) is 13.5. The van der Waals surface area contributed by atoms with Gasteiger partial charge >= 0.3 is 0 Å². The summed E-state index contributed by atoms with van der Waals surface area (Å²) in [5, 5.41) is 0. The van der Waals surface area contributed by atoms with Gasteiger partial charge in [0.15, 0.2) is 0 Å². The average molecular weight is 256 g/mol. The topological polar surface area (TPSA) is 48.1 Å². The van der Waals surface area contributed by atoms with Crippen molar-refractivity contribution < 1.29 is 4.74 Å². The van der Waals surface area contributed by atoms with Crippen molar-refractivity contribution in [3.05, 3.63) is 59.4 Å². The van der Waals surface area contributed by atoms with E-state index in [2.05, 4.69) is 24.0 Å². The molecule has 0 saturated heterocycles. The van der Waals surface area contributed by atoms with E-state index in [1.165, 1.54) is 5.56 Å². The summed E-state index contributed by atoms with van der Waals surface area (Å²) in [5.41, 5.74) is 8.83. The van der Waals surface area contributed by atoms with Crippen LogP contribution in [0.1, 0.15) is 30.2 Å². The van der Waals surface area contributed by atoms with Crippen molar-refractivity contribution in [1.29, 1.82) is 0 Å². The van der Waals surface area contributed by atoms with Crippen molar-refractivity contribution in [1.82, 2.24) is 4.98 Å². The lowest BCUT2D eigenvalue weighted by Crippen LogP contribution is -2.01. The van der Waals surface area contributed by atoms with E-state index in [4.69, 9.17) is 10.5 Å². The van der Waals surface area contributed by atoms with Gasteiger partial charge in [0, 0.05) is 12.7 Å². The molecule has 0 bridgehead atoms. The molecule has 0 amide bonds. The normalized spacial score (nSPS) is 10.4. The second-order valence-corrected chi connectivity index (χ2v) is 4.54. The van der Waals surface area contributed by atoms with Gasteiger partial charge in [0.05, 0.1) is 5.69 Å². The minimum Gasteiger partial charge on any atom is -0.487 e. The van der Waals surface area contributed by atoms with Crippen molar-refractivity contribution in [3.8, 4) is 5.75 Å². The van der Waals surface area contributed by atoms with Crippen molar-refractivity contribution in [2.24, 2.45) is 5.73 Å². The first-order chi connectivity index (χ1) is 9.31. The fourth-order valence-corrected chi connectivity index (χ4v) is 1.86. The molecular weight excluding hydrogens is 236 g/mol. The van der Waals surface area contributed by atoms with Gasteiger partial charge in [-0.1, -0.05) is 31.5 Å². The van der Waals surface area contributed by atoms with E-state index in [1.807, 2.05) is 24.3 Å². The van der Waals surface area contributed by atoms with Gasteiger partial charge in [-0.2, -0.15) is 0 Å². The Morgan fingerprint density at radius 3 is 2.37 bits per heavy atom. The first-order valence-corrected chi connectivity index (χ1v) is 6.67. The quantitative estimate of drug-likeness (QED) is 0.864. The lowest BCUT2D eigenvalue weighted by molar-refractivity contribution is 0.301. The lowest BCUT2D eigenvalue weighted by Gasteiger charge is -2.07. The molecule has 2 rings (SSSR count). The molecule has 0 unspecified atom stereocenters. The van der Waals surface area contributed by atoms with Crippen molar-refractivity contribution in [2.75, 3.05) is 0 Å². The molecule has 1 aromatic heterocycles. The molecule has 0 atom stereocenters. The number of ether oxygens (including phenoxy) is 1. The molecule has 2 N–H and O–H groups in total. The average Bonchev–Trinajstić information content (AvgIpc) is 2.47. The van der Waals surface area contributed by atoms with Gasteiger partial charge < -0.3 is 10.5 Å². The Kier molecular flexibility index (Phi) is 4.93. The largest absolute Gasteiger partial charge is 0.487 e. The van der Waals surface area contributed by atoms with Gasteiger partial charge in [-0.15, -0.1) is 0 Å². The van der Waals surface area contributed by atoms with Crippen LogP contribution in [-0.2, 0) is 19.6 Å². The van der Waals surface area contributed by atoms with E-state index >= 15 is 0 Å². The summed E-state index contributed by atoms with van der Waals surface area (Å²) in [5.74, 6) is 0.879. The fraction of sp³-hybridized carbons (Fsp3) is 0.312. The van der Waals surface area contributed by atoms with Crippen molar-refractivity contribution in [2.45, 2.75) is 32.9 Å². The Hall–Kier alpha value is -1.87. The third-order valence-corrected chi connectivity index (χ3v) is 2.97. The van der Waals surface area contributed by atoms with Crippen molar-refractivity contribution in [3.63, 3.8) is 0 Å². The van der Waals surface area contributed by atoms with Gasteiger partial charge in [-0.3, -0.25) is 4.98 Å². The highest BCUT2D eigenvalue weighted by Gasteiger charge is 1.98. The van der Waals surface area contributed by atoms with Gasteiger partial charge in [-0.25, -0.2) is 0 Å². The summed E-state index contributed by atoms with van der Waals surface area (Å²) in [7, 11) is 0. The Bertz CT molecular complexity index is 491. The number of pyridine rings is 1. The Morgan fingerprint density at radius 1 is 1.05 bits per heavy atom. The fourth-order valence-electron chi connectivity index (χ4n) is 1.86. The maximum atomic E-state index is 5.70. The number of rotatable bonds is 6. The van der Waals surface area contributed by atoms with Crippen molar-refractivity contribution >= 4 is 0 Å². The molecule has 19 heavy (non-hydrogen) atoms. The van der Waals surface area contributed by atoms with Gasteiger partial charge in [-0.05, 0) is 35.7 Å². The molecule has 0 saturated carbocycles. The van der Waals surface area contributed by atoms with E-state index in [-0.39, 0.29) is 0 Å². The number of benzene rings is 1. The third kappa shape index (κ3) is 4.07. The number of aromatic nitrogens is 1. The van der Waals surface area contributed by atoms with E-state index < -0.39 is 0 Å². The molecule has 0 spiro atoms. The molecular formula is C16H20N2O. The van der Waals surface area contributed by atoms with Crippen LogP contribution < -0.4 is 10.5 Å². The molecule has 1 heterocycles. The highest BCUT2D eigenvalue weighted by atomic mass is 16.5. The molecule has 0 fully saturated rings. The highest BCUT2D eigenvalue weighted by Crippen LogP contribution is 2.14. The number of nitrogens with two attached hydrogens (primary N) is 1. The summed E-state index contributed by atoms with van der Waals surface area (Å²) in [6.07, 6.45) is 4.07. The molecule has 100 valence electrons. The predicted octanol–water partition coefficient (Wildman–Crippen LogP) is 3.07. The summed E-state index contributed by atoms with van der Waals surface area (Å²) in [6, 6.07) is 12.2. The number of nitrogens with zero attached hydrogens (tertiary/aromatic N) is 1. The molecule has 3 nitrogen and oxygen atoms in total. The van der Waals surface area contributed by atoms with Crippen LogP contribution in [0.25, 0.3) is 0 Å². The Labute approximate surface area is 114 Å². The first kappa shape index (κ1) is 13.6. The third-order valence-electron chi connectivity index (χ3n) is 2.97. The van der Waals surface area contributed by atoms with Gasteiger partial charge in [0.2, 0.25) is 0 Å². The molecule has 0 aliphatic heterocycles. The zero-order valence-corrected chi connectivity index (χ0v) is 11.3. The second kappa shape index (κ2) is 6.90. The second-order valence-electron chi connectivity index (χ2n) is 4.54.